The van der Waals surface area contributed by atoms with Gasteiger partial charge in [0.1, 0.15) is 0 Å². The van der Waals surface area contributed by atoms with E-state index in [1.807, 2.05) is 71.1 Å². The number of hydrogen-bond acceptors (Lipinski definition) is 3. The molecule has 0 bridgehead atoms. The van der Waals surface area contributed by atoms with Crippen LogP contribution in [-0.4, -0.2) is 26.2 Å². The number of rotatable bonds is 2. The summed E-state index contributed by atoms with van der Waals surface area (Å²) >= 11 is 0. The number of fused-ring (bicyclic) bond motifs is 1. The Morgan fingerprint density at radius 2 is 1.83 bits per heavy atom. The smallest absolute Gasteiger partial charge is 0.252 e. The average Bonchev–Trinajstić information content (AvgIpc) is 2.80. The molecule has 0 aliphatic heterocycles. The Labute approximate surface area is 141 Å². The molecule has 2 aromatic heterocycles. The van der Waals surface area contributed by atoms with Crippen LogP contribution >= 0.6 is 0 Å². The molecule has 5 nitrogen and oxygen atoms in total. The van der Waals surface area contributed by atoms with Gasteiger partial charge in [0.15, 0.2) is 5.65 Å². The zero-order valence-corrected chi connectivity index (χ0v) is 14.7. The van der Waals surface area contributed by atoms with Gasteiger partial charge in [-0.1, -0.05) is 30.3 Å². The van der Waals surface area contributed by atoms with Crippen LogP contribution in [0.4, 0.5) is 0 Å². The molecule has 0 atom stereocenters. The summed E-state index contributed by atoms with van der Waals surface area (Å²) in [7, 11) is 1.85. The predicted octanol–water partition coefficient (Wildman–Crippen LogP) is 3.47. The van der Waals surface area contributed by atoms with Crippen molar-refractivity contribution in [1.29, 1.82) is 0 Å². The van der Waals surface area contributed by atoms with E-state index in [1.165, 1.54) is 0 Å². The van der Waals surface area contributed by atoms with Crippen LogP contribution in [0.3, 0.4) is 0 Å². The lowest BCUT2D eigenvalue weighted by Crippen LogP contribution is -2.40. The Morgan fingerprint density at radius 1 is 1.17 bits per heavy atom. The van der Waals surface area contributed by atoms with E-state index >= 15 is 0 Å². The summed E-state index contributed by atoms with van der Waals surface area (Å²) in [6, 6.07) is 11.7. The van der Waals surface area contributed by atoms with Gasteiger partial charge in [0.25, 0.3) is 5.91 Å². The molecule has 0 aliphatic rings. The summed E-state index contributed by atoms with van der Waals surface area (Å²) < 4.78 is 1.73. The maximum Gasteiger partial charge on any atom is 0.252 e. The second kappa shape index (κ2) is 5.74. The Kier molecular flexibility index (Phi) is 3.87. The number of nitrogens with zero attached hydrogens (tertiary/aromatic N) is 3. The maximum atomic E-state index is 12.8. The summed E-state index contributed by atoms with van der Waals surface area (Å²) in [5.74, 6) is -0.108. The number of hydrogen-bond donors (Lipinski definition) is 1. The first-order valence-corrected chi connectivity index (χ1v) is 7.98. The standard InChI is InChI=1S/C19H22N4O/c1-12-16-14(18(24)21-19(2,3)4)11-15(13-9-7-6-8-10-13)20-17(16)23(5)22-12/h6-11H,1-5H3,(H,21,24). The number of amides is 1. The minimum absolute atomic E-state index is 0.108. The molecule has 24 heavy (non-hydrogen) atoms. The summed E-state index contributed by atoms with van der Waals surface area (Å²) in [4.78, 5) is 17.6. The molecule has 0 saturated carbocycles. The SMILES string of the molecule is Cc1nn(C)c2nc(-c3ccccc3)cc(C(=O)NC(C)(C)C)c12. The van der Waals surface area contributed by atoms with Crippen LogP contribution in [0.25, 0.3) is 22.3 Å². The van der Waals surface area contributed by atoms with Gasteiger partial charge in [-0.2, -0.15) is 5.10 Å². The Balaban J connectivity index is 2.24. The zero-order valence-electron chi connectivity index (χ0n) is 14.7. The summed E-state index contributed by atoms with van der Waals surface area (Å²) in [6.45, 7) is 7.81. The van der Waals surface area contributed by atoms with E-state index in [2.05, 4.69) is 10.4 Å². The number of nitrogens with one attached hydrogen (secondary N) is 1. The van der Waals surface area contributed by atoms with Gasteiger partial charge in [0.2, 0.25) is 0 Å². The summed E-state index contributed by atoms with van der Waals surface area (Å²) in [6.07, 6.45) is 0. The second-order valence-corrected chi connectivity index (χ2v) is 7.03. The Morgan fingerprint density at radius 3 is 2.46 bits per heavy atom. The third-order valence-corrected chi connectivity index (χ3v) is 3.77. The third-order valence-electron chi connectivity index (χ3n) is 3.77. The predicted molar refractivity (Wildman–Crippen MR) is 95.9 cm³/mol. The van der Waals surface area contributed by atoms with Crippen LogP contribution in [0.15, 0.2) is 36.4 Å². The van der Waals surface area contributed by atoms with E-state index in [9.17, 15) is 4.79 Å². The minimum atomic E-state index is -0.310. The average molecular weight is 322 g/mol. The van der Waals surface area contributed by atoms with Gasteiger partial charge < -0.3 is 5.32 Å². The molecule has 0 radical (unpaired) electrons. The fourth-order valence-corrected chi connectivity index (χ4v) is 2.79. The Hall–Kier alpha value is -2.69. The highest BCUT2D eigenvalue weighted by atomic mass is 16.1. The fraction of sp³-hybridized carbons (Fsp3) is 0.316. The molecule has 3 rings (SSSR count). The van der Waals surface area contributed by atoms with E-state index in [1.54, 1.807) is 4.68 Å². The van der Waals surface area contributed by atoms with Gasteiger partial charge in [-0.05, 0) is 33.8 Å². The number of carbonyl (C=O) groups excluding carboxylic acids is 1. The molecular formula is C19H22N4O. The first kappa shape index (κ1) is 16.2. The highest BCUT2D eigenvalue weighted by Crippen LogP contribution is 2.27. The molecule has 1 N–H and O–H groups in total. The minimum Gasteiger partial charge on any atom is -0.347 e. The molecule has 0 saturated heterocycles. The van der Waals surface area contributed by atoms with Gasteiger partial charge in [0, 0.05) is 18.2 Å². The molecular weight excluding hydrogens is 300 g/mol. The van der Waals surface area contributed by atoms with E-state index in [4.69, 9.17) is 4.98 Å². The highest BCUT2D eigenvalue weighted by molar-refractivity contribution is 6.07. The number of pyridine rings is 1. The second-order valence-electron chi connectivity index (χ2n) is 7.03. The molecule has 0 aliphatic carbocycles. The largest absolute Gasteiger partial charge is 0.347 e. The third kappa shape index (κ3) is 3.02. The number of benzene rings is 1. The lowest BCUT2D eigenvalue weighted by Gasteiger charge is -2.21. The molecule has 5 heteroatoms. The molecule has 3 aromatic rings. The number of aromatic nitrogens is 3. The van der Waals surface area contributed by atoms with Crippen LogP contribution in [0.2, 0.25) is 0 Å². The van der Waals surface area contributed by atoms with Crippen LogP contribution in [0.5, 0.6) is 0 Å². The van der Waals surface area contributed by atoms with Crippen LogP contribution in [0.1, 0.15) is 36.8 Å². The van der Waals surface area contributed by atoms with Crippen molar-refractivity contribution in [2.24, 2.45) is 7.05 Å². The maximum absolute atomic E-state index is 12.8. The molecule has 2 heterocycles. The molecule has 0 spiro atoms. The van der Waals surface area contributed by atoms with Crippen LogP contribution < -0.4 is 5.32 Å². The molecule has 1 aromatic carbocycles. The molecule has 0 fully saturated rings. The van der Waals surface area contributed by atoms with Crippen molar-refractivity contribution in [1.82, 2.24) is 20.1 Å². The van der Waals surface area contributed by atoms with Gasteiger partial charge in [-0.25, -0.2) is 4.98 Å². The zero-order chi connectivity index (χ0) is 17.5. The van der Waals surface area contributed by atoms with Crippen molar-refractivity contribution in [3.8, 4) is 11.3 Å². The number of carbonyl (C=O) groups is 1. The first-order chi connectivity index (χ1) is 11.3. The number of aryl methyl sites for hydroxylation is 2. The van der Waals surface area contributed by atoms with Crippen molar-refractivity contribution in [2.75, 3.05) is 0 Å². The van der Waals surface area contributed by atoms with Gasteiger partial charge in [-0.15, -0.1) is 0 Å². The summed E-state index contributed by atoms with van der Waals surface area (Å²) in [5, 5.41) is 8.28. The molecule has 0 unspecified atom stereocenters. The quantitative estimate of drug-likeness (QED) is 0.786. The van der Waals surface area contributed by atoms with Crippen molar-refractivity contribution >= 4 is 16.9 Å². The van der Waals surface area contributed by atoms with E-state index in [0.717, 1.165) is 22.3 Å². The lowest BCUT2D eigenvalue weighted by molar-refractivity contribution is 0.0921. The first-order valence-electron chi connectivity index (χ1n) is 7.98. The van der Waals surface area contributed by atoms with E-state index < -0.39 is 0 Å². The molecule has 124 valence electrons. The van der Waals surface area contributed by atoms with Gasteiger partial charge >= 0.3 is 0 Å². The van der Waals surface area contributed by atoms with Crippen molar-refractivity contribution < 1.29 is 4.79 Å². The van der Waals surface area contributed by atoms with E-state index in [0.29, 0.717) is 11.2 Å². The van der Waals surface area contributed by atoms with E-state index in [-0.39, 0.29) is 11.4 Å². The monoisotopic (exact) mass is 322 g/mol. The van der Waals surface area contributed by atoms with Crippen LogP contribution in [-0.2, 0) is 7.05 Å². The Bertz CT molecular complexity index is 905. The fourth-order valence-electron chi connectivity index (χ4n) is 2.79. The van der Waals surface area contributed by atoms with Gasteiger partial charge in [0.05, 0.1) is 22.3 Å². The lowest BCUT2D eigenvalue weighted by atomic mass is 10.0. The molecule has 1 amide bonds. The van der Waals surface area contributed by atoms with Crippen molar-refractivity contribution in [3.63, 3.8) is 0 Å². The topological polar surface area (TPSA) is 59.8 Å². The normalized spacial score (nSPS) is 11.7. The van der Waals surface area contributed by atoms with Crippen molar-refractivity contribution in [2.45, 2.75) is 33.2 Å². The van der Waals surface area contributed by atoms with Crippen molar-refractivity contribution in [3.05, 3.63) is 47.7 Å². The van der Waals surface area contributed by atoms with Gasteiger partial charge in [-0.3, -0.25) is 9.48 Å². The van der Waals surface area contributed by atoms with Crippen LogP contribution in [0, 0.1) is 6.92 Å². The highest BCUT2D eigenvalue weighted by Gasteiger charge is 2.22. The summed E-state index contributed by atoms with van der Waals surface area (Å²) in [5.41, 5.74) is 3.56.